The largest absolute Gasteiger partial charge is 0.481 e. The molecule has 0 atom stereocenters. The quantitative estimate of drug-likeness (QED) is 0.427. The van der Waals surface area contributed by atoms with E-state index in [0.717, 1.165) is 6.20 Å². The lowest BCUT2D eigenvalue weighted by atomic mass is 10.1. The summed E-state index contributed by atoms with van der Waals surface area (Å²) in [5.74, 6) is -1.25. The maximum atomic E-state index is 11.9. The van der Waals surface area contributed by atoms with Crippen molar-refractivity contribution in [2.75, 3.05) is 6.54 Å². The maximum absolute atomic E-state index is 11.9. The molecule has 0 fully saturated rings. The molecule has 1 heterocycles. The highest BCUT2D eigenvalue weighted by molar-refractivity contribution is 5.95. The standard InChI is InChI=1S/C13H17N3O5/c1-9-11(7-10(8-15-9)16(20)21)13(19)14-6-4-2-3-5-12(17)18/h7-8H,2-6H2,1H3,(H,14,19)(H,17,18). The average molecular weight is 295 g/mol. The van der Waals surface area contributed by atoms with Crippen LogP contribution in [0.15, 0.2) is 12.3 Å². The Labute approximate surface area is 121 Å². The molecule has 1 aromatic rings. The summed E-state index contributed by atoms with van der Waals surface area (Å²) in [6, 6.07) is 1.20. The van der Waals surface area contributed by atoms with Gasteiger partial charge in [0, 0.05) is 19.0 Å². The lowest BCUT2D eigenvalue weighted by Crippen LogP contribution is -2.25. The molecule has 1 aromatic heterocycles. The number of unbranched alkanes of at least 4 members (excludes halogenated alkanes) is 2. The second-order valence-corrected chi connectivity index (χ2v) is 4.54. The van der Waals surface area contributed by atoms with E-state index in [9.17, 15) is 19.7 Å². The molecule has 0 aliphatic heterocycles. The van der Waals surface area contributed by atoms with Gasteiger partial charge in [0.2, 0.25) is 0 Å². The molecular formula is C13H17N3O5. The van der Waals surface area contributed by atoms with Gasteiger partial charge in [-0.2, -0.15) is 0 Å². The molecule has 0 aliphatic rings. The lowest BCUT2D eigenvalue weighted by Gasteiger charge is -2.06. The summed E-state index contributed by atoms with van der Waals surface area (Å²) >= 11 is 0. The van der Waals surface area contributed by atoms with Crippen molar-refractivity contribution < 1.29 is 19.6 Å². The number of carboxylic acid groups (broad SMARTS) is 1. The molecule has 8 nitrogen and oxygen atoms in total. The van der Waals surface area contributed by atoms with Crippen LogP contribution in [-0.4, -0.2) is 33.4 Å². The van der Waals surface area contributed by atoms with Crippen molar-refractivity contribution in [3.63, 3.8) is 0 Å². The Morgan fingerprint density at radius 3 is 2.71 bits per heavy atom. The maximum Gasteiger partial charge on any atom is 0.303 e. The smallest absolute Gasteiger partial charge is 0.303 e. The van der Waals surface area contributed by atoms with E-state index in [-0.39, 0.29) is 17.7 Å². The highest BCUT2D eigenvalue weighted by Crippen LogP contribution is 2.14. The Bertz CT molecular complexity index is 545. The number of nitrogens with zero attached hydrogens (tertiary/aromatic N) is 2. The molecule has 2 N–H and O–H groups in total. The number of hydrogen-bond acceptors (Lipinski definition) is 5. The van der Waals surface area contributed by atoms with Crippen molar-refractivity contribution in [2.45, 2.75) is 32.6 Å². The molecule has 0 saturated heterocycles. The van der Waals surface area contributed by atoms with Crippen molar-refractivity contribution in [1.82, 2.24) is 10.3 Å². The third kappa shape index (κ3) is 5.55. The number of nitrogens with one attached hydrogen (secondary N) is 1. The van der Waals surface area contributed by atoms with Gasteiger partial charge in [-0.25, -0.2) is 0 Å². The first-order chi connectivity index (χ1) is 9.91. The van der Waals surface area contributed by atoms with Gasteiger partial charge in [-0.3, -0.25) is 24.7 Å². The van der Waals surface area contributed by atoms with Crippen LogP contribution in [0.25, 0.3) is 0 Å². The lowest BCUT2D eigenvalue weighted by molar-refractivity contribution is -0.385. The second-order valence-electron chi connectivity index (χ2n) is 4.54. The van der Waals surface area contributed by atoms with Gasteiger partial charge in [0.05, 0.1) is 16.2 Å². The summed E-state index contributed by atoms with van der Waals surface area (Å²) < 4.78 is 0. The van der Waals surface area contributed by atoms with E-state index < -0.39 is 16.8 Å². The Hall–Kier alpha value is -2.51. The predicted molar refractivity (Wildman–Crippen MR) is 74.1 cm³/mol. The molecule has 1 amide bonds. The van der Waals surface area contributed by atoms with Crippen LogP contribution in [0.3, 0.4) is 0 Å². The number of amides is 1. The molecule has 21 heavy (non-hydrogen) atoms. The van der Waals surface area contributed by atoms with E-state index in [1.165, 1.54) is 6.07 Å². The van der Waals surface area contributed by atoms with E-state index in [4.69, 9.17) is 5.11 Å². The third-order valence-corrected chi connectivity index (χ3v) is 2.88. The second kappa shape index (κ2) is 7.93. The van der Waals surface area contributed by atoms with Crippen LogP contribution in [-0.2, 0) is 4.79 Å². The summed E-state index contributed by atoms with van der Waals surface area (Å²) in [6.07, 6.45) is 3.13. The van der Waals surface area contributed by atoms with Crippen molar-refractivity contribution in [2.24, 2.45) is 0 Å². The summed E-state index contributed by atoms with van der Waals surface area (Å²) in [5, 5.41) is 21.8. The number of rotatable bonds is 8. The monoisotopic (exact) mass is 295 g/mol. The highest BCUT2D eigenvalue weighted by atomic mass is 16.6. The molecule has 0 aliphatic carbocycles. The number of pyridine rings is 1. The Morgan fingerprint density at radius 1 is 1.38 bits per heavy atom. The van der Waals surface area contributed by atoms with E-state index in [0.29, 0.717) is 31.5 Å². The third-order valence-electron chi connectivity index (χ3n) is 2.88. The minimum Gasteiger partial charge on any atom is -0.481 e. The summed E-state index contributed by atoms with van der Waals surface area (Å²) in [5.41, 5.74) is 0.367. The fourth-order valence-electron chi connectivity index (χ4n) is 1.73. The number of carboxylic acids is 1. The first kappa shape index (κ1) is 16.5. The molecule has 0 saturated carbocycles. The first-order valence-corrected chi connectivity index (χ1v) is 6.53. The number of carbonyl (C=O) groups excluding carboxylic acids is 1. The molecule has 0 bridgehead atoms. The highest BCUT2D eigenvalue weighted by Gasteiger charge is 2.15. The molecule has 0 unspecified atom stereocenters. The van der Waals surface area contributed by atoms with Crippen LogP contribution in [0, 0.1) is 17.0 Å². The zero-order chi connectivity index (χ0) is 15.8. The topological polar surface area (TPSA) is 122 Å². The van der Waals surface area contributed by atoms with Crippen molar-refractivity contribution in [3.8, 4) is 0 Å². The number of aryl methyl sites for hydroxylation is 1. The Balaban J connectivity index is 2.47. The Morgan fingerprint density at radius 2 is 2.10 bits per heavy atom. The van der Waals surface area contributed by atoms with E-state index in [2.05, 4.69) is 10.3 Å². The minimum atomic E-state index is -0.836. The molecule has 8 heteroatoms. The van der Waals surface area contributed by atoms with Crippen LogP contribution in [0.2, 0.25) is 0 Å². The van der Waals surface area contributed by atoms with Gasteiger partial charge in [-0.15, -0.1) is 0 Å². The van der Waals surface area contributed by atoms with E-state index in [1.807, 2.05) is 0 Å². The van der Waals surface area contributed by atoms with Gasteiger partial charge < -0.3 is 10.4 Å². The van der Waals surface area contributed by atoms with E-state index in [1.54, 1.807) is 6.92 Å². The van der Waals surface area contributed by atoms with Gasteiger partial charge in [0.15, 0.2) is 0 Å². The molecule has 0 spiro atoms. The molecule has 114 valence electrons. The fraction of sp³-hybridized carbons (Fsp3) is 0.462. The Kier molecular flexibility index (Phi) is 6.25. The SMILES string of the molecule is Cc1ncc([N+](=O)[O-])cc1C(=O)NCCCCCC(=O)O. The number of aromatic nitrogens is 1. The fourth-order valence-corrected chi connectivity index (χ4v) is 1.73. The zero-order valence-corrected chi connectivity index (χ0v) is 11.7. The van der Waals surface area contributed by atoms with Crippen LogP contribution in [0.4, 0.5) is 5.69 Å². The van der Waals surface area contributed by atoms with E-state index >= 15 is 0 Å². The summed E-state index contributed by atoms with van der Waals surface area (Å²) in [6.45, 7) is 1.99. The first-order valence-electron chi connectivity index (χ1n) is 6.53. The summed E-state index contributed by atoms with van der Waals surface area (Å²) in [4.78, 5) is 36.1. The van der Waals surface area contributed by atoms with Gasteiger partial charge in [-0.1, -0.05) is 6.42 Å². The number of hydrogen-bond donors (Lipinski definition) is 2. The minimum absolute atomic E-state index is 0.113. The average Bonchev–Trinajstić information content (AvgIpc) is 2.42. The predicted octanol–water partition coefficient (Wildman–Crippen LogP) is 1.67. The van der Waals surface area contributed by atoms with Gasteiger partial charge in [0.1, 0.15) is 6.20 Å². The zero-order valence-electron chi connectivity index (χ0n) is 11.7. The number of nitro groups is 1. The number of carbonyl (C=O) groups is 2. The van der Waals surface area contributed by atoms with Crippen LogP contribution < -0.4 is 5.32 Å². The van der Waals surface area contributed by atoms with Crippen molar-refractivity contribution >= 4 is 17.6 Å². The summed E-state index contributed by atoms with van der Waals surface area (Å²) in [7, 11) is 0. The molecule has 0 aromatic carbocycles. The van der Waals surface area contributed by atoms with Gasteiger partial charge in [-0.05, 0) is 19.8 Å². The van der Waals surface area contributed by atoms with Crippen molar-refractivity contribution in [1.29, 1.82) is 0 Å². The normalized spacial score (nSPS) is 10.1. The van der Waals surface area contributed by atoms with Crippen molar-refractivity contribution in [3.05, 3.63) is 33.6 Å². The van der Waals surface area contributed by atoms with Gasteiger partial charge >= 0.3 is 5.97 Å². The van der Waals surface area contributed by atoms with Crippen LogP contribution in [0.5, 0.6) is 0 Å². The molecule has 1 rings (SSSR count). The molecule has 0 radical (unpaired) electrons. The van der Waals surface area contributed by atoms with Crippen LogP contribution in [0.1, 0.15) is 41.7 Å². The van der Waals surface area contributed by atoms with Crippen LogP contribution >= 0.6 is 0 Å². The molecular weight excluding hydrogens is 278 g/mol. The van der Waals surface area contributed by atoms with Gasteiger partial charge in [0.25, 0.3) is 11.6 Å². The number of aliphatic carboxylic acids is 1.